The molecular formula is C21H22F6O4S. The number of hydrogen-bond donors (Lipinski definition) is 0. The van der Waals surface area contributed by atoms with Crippen LogP contribution in [0.3, 0.4) is 0 Å². The largest absolute Gasteiger partial charge is 0.490 e. The summed E-state index contributed by atoms with van der Waals surface area (Å²) in [7, 11) is -3.67. The van der Waals surface area contributed by atoms with Gasteiger partial charge in [-0.15, -0.1) is 0 Å². The van der Waals surface area contributed by atoms with Crippen LogP contribution in [0.2, 0.25) is 0 Å². The molecule has 0 unspecified atom stereocenters. The minimum absolute atomic E-state index is 0.0163. The van der Waals surface area contributed by atoms with Gasteiger partial charge in [0.1, 0.15) is 11.3 Å². The van der Waals surface area contributed by atoms with Gasteiger partial charge in [0.2, 0.25) is 0 Å². The van der Waals surface area contributed by atoms with Crippen molar-refractivity contribution in [2.75, 3.05) is 12.9 Å². The molecule has 0 amide bonds. The summed E-state index contributed by atoms with van der Waals surface area (Å²) in [4.78, 5) is 0. The molecule has 0 heterocycles. The summed E-state index contributed by atoms with van der Waals surface area (Å²) < 4.78 is 113. The molecule has 1 aliphatic rings. The van der Waals surface area contributed by atoms with Crippen LogP contribution in [0, 0.1) is 5.92 Å². The number of fused-ring (bicyclic) bond motifs is 1. The van der Waals surface area contributed by atoms with Crippen LogP contribution in [-0.2, 0) is 26.9 Å². The van der Waals surface area contributed by atoms with E-state index < -0.39 is 45.8 Å². The second kappa shape index (κ2) is 9.09. The van der Waals surface area contributed by atoms with Gasteiger partial charge in [-0.2, -0.15) is 34.8 Å². The Bertz CT molecular complexity index is 1050. The Kier molecular flexibility index (Phi) is 6.99. The van der Waals surface area contributed by atoms with E-state index in [1.807, 2.05) is 0 Å². The van der Waals surface area contributed by atoms with Gasteiger partial charge in [-0.05, 0) is 54.5 Å². The minimum atomic E-state index is -4.76. The van der Waals surface area contributed by atoms with Crippen molar-refractivity contribution in [1.29, 1.82) is 0 Å². The van der Waals surface area contributed by atoms with E-state index in [4.69, 9.17) is 4.74 Å². The van der Waals surface area contributed by atoms with Gasteiger partial charge in [-0.1, -0.05) is 24.3 Å². The standard InChI is InChI=1S/C21H22F6O4S/c1-32(28,29)30-11-10-13-2-3-14-4-9-18(19(17(14)12-13)21(25,26)27)31-16-7-5-15(6-8-16)20(22,23)24/h2-4,9,12,15-16H,5-8,10-11H2,1H3. The summed E-state index contributed by atoms with van der Waals surface area (Å²) >= 11 is 0. The molecule has 1 saturated carbocycles. The van der Waals surface area contributed by atoms with Gasteiger partial charge in [0.05, 0.1) is 24.9 Å². The summed E-state index contributed by atoms with van der Waals surface area (Å²) in [5, 5.41) is 0.175. The van der Waals surface area contributed by atoms with Gasteiger partial charge in [0, 0.05) is 0 Å². The molecule has 0 saturated heterocycles. The monoisotopic (exact) mass is 484 g/mol. The molecule has 0 spiro atoms. The number of rotatable bonds is 6. The first-order valence-electron chi connectivity index (χ1n) is 9.94. The average molecular weight is 484 g/mol. The van der Waals surface area contributed by atoms with Gasteiger partial charge < -0.3 is 4.74 Å². The first kappa shape index (κ1) is 24.6. The maximum atomic E-state index is 14.0. The zero-order chi connectivity index (χ0) is 23.7. The maximum absolute atomic E-state index is 14.0. The van der Waals surface area contributed by atoms with Crippen molar-refractivity contribution in [2.24, 2.45) is 5.92 Å². The van der Waals surface area contributed by atoms with Crippen molar-refractivity contribution < 1.29 is 43.7 Å². The van der Waals surface area contributed by atoms with Crippen LogP contribution in [0.4, 0.5) is 26.3 Å². The van der Waals surface area contributed by atoms with Gasteiger partial charge in [-0.25, -0.2) is 0 Å². The molecule has 0 aliphatic heterocycles. The van der Waals surface area contributed by atoms with Crippen LogP contribution < -0.4 is 4.74 Å². The minimum Gasteiger partial charge on any atom is -0.490 e. The highest BCUT2D eigenvalue weighted by Crippen LogP contribution is 2.44. The van der Waals surface area contributed by atoms with E-state index in [1.165, 1.54) is 24.3 Å². The highest BCUT2D eigenvalue weighted by molar-refractivity contribution is 7.85. The lowest BCUT2D eigenvalue weighted by Gasteiger charge is -2.31. The lowest BCUT2D eigenvalue weighted by Crippen LogP contribution is -2.32. The van der Waals surface area contributed by atoms with Crippen molar-refractivity contribution in [3.63, 3.8) is 0 Å². The Morgan fingerprint density at radius 3 is 2.16 bits per heavy atom. The summed E-state index contributed by atoms with van der Waals surface area (Å²) in [6.07, 6.45) is -9.21. The first-order chi connectivity index (χ1) is 14.7. The summed E-state index contributed by atoms with van der Waals surface area (Å²) in [5.74, 6) is -1.89. The van der Waals surface area contributed by atoms with E-state index >= 15 is 0 Å². The predicted octanol–water partition coefficient (Wildman–Crippen LogP) is 5.88. The molecule has 32 heavy (non-hydrogen) atoms. The second-order valence-electron chi connectivity index (χ2n) is 7.90. The van der Waals surface area contributed by atoms with Crippen molar-refractivity contribution in [3.05, 3.63) is 41.5 Å². The fourth-order valence-electron chi connectivity index (χ4n) is 3.89. The first-order valence-corrected chi connectivity index (χ1v) is 11.8. The molecule has 0 aromatic heterocycles. The lowest BCUT2D eigenvalue weighted by molar-refractivity contribution is -0.185. The number of benzene rings is 2. The predicted molar refractivity (Wildman–Crippen MR) is 106 cm³/mol. The smallest absolute Gasteiger partial charge is 0.420 e. The maximum Gasteiger partial charge on any atom is 0.420 e. The molecule has 178 valence electrons. The fourth-order valence-corrected chi connectivity index (χ4v) is 4.28. The normalized spacial score (nSPS) is 20.5. The van der Waals surface area contributed by atoms with Gasteiger partial charge in [-0.3, -0.25) is 4.18 Å². The number of alkyl halides is 6. The van der Waals surface area contributed by atoms with Gasteiger partial charge in [0.25, 0.3) is 10.1 Å². The molecule has 4 nitrogen and oxygen atoms in total. The Hall–Kier alpha value is -2.01. The fraction of sp³-hybridized carbons (Fsp3) is 0.524. The lowest BCUT2D eigenvalue weighted by atomic mass is 9.87. The van der Waals surface area contributed by atoms with Gasteiger partial charge in [0.15, 0.2) is 0 Å². The van der Waals surface area contributed by atoms with Crippen LogP contribution in [0.1, 0.15) is 36.8 Å². The average Bonchev–Trinajstić information content (AvgIpc) is 2.65. The Morgan fingerprint density at radius 1 is 0.969 bits per heavy atom. The molecule has 0 bridgehead atoms. The molecule has 0 N–H and O–H groups in total. The van der Waals surface area contributed by atoms with Crippen molar-refractivity contribution >= 4 is 20.9 Å². The van der Waals surface area contributed by atoms with E-state index in [0.717, 1.165) is 6.26 Å². The third kappa shape index (κ3) is 6.28. The third-order valence-electron chi connectivity index (χ3n) is 5.45. The second-order valence-corrected chi connectivity index (χ2v) is 9.55. The SMILES string of the molecule is CS(=O)(=O)OCCc1ccc2ccc(OC3CCC(C(F)(F)F)CC3)c(C(F)(F)F)c2c1. The Balaban J connectivity index is 1.86. The number of hydrogen-bond acceptors (Lipinski definition) is 4. The molecule has 11 heteroatoms. The highest BCUT2D eigenvalue weighted by Gasteiger charge is 2.42. The summed E-state index contributed by atoms with van der Waals surface area (Å²) in [5.41, 5.74) is -0.562. The Morgan fingerprint density at radius 2 is 1.59 bits per heavy atom. The van der Waals surface area contributed by atoms with Crippen molar-refractivity contribution in [1.82, 2.24) is 0 Å². The van der Waals surface area contributed by atoms with E-state index in [-0.39, 0.29) is 44.1 Å². The van der Waals surface area contributed by atoms with E-state index in [1.54, 1.807) is 6.07 Å². The summed E-state index contributed by atoms with van der Waals surface area (Å²) in [6, 6.07) is 7.01. The molecular weight excluding hydrogens is 462 g/mol. The zero-order valence-corrected chi connectivity index (χ0v) is 17.9. The Labute approximate surface area is 181 Å². The topological polar surface area (TPSA) is 52.6 Å². The van der Waals surface area contributed by atoms with E-state index in [9.17, 15) is 34.8 Å². The quantitative estimate of drug-likeness (QED) is 0.380. The van der Waals surface area contributed by atoms with Crippen molar-refractivity contribution in [2.45, 2.75) is 50.6 Å². The highest BCUT2D eigenvalue weighted by atomic mass is 32.2. The van der Waals surface area contributed by atoms with Crippen molar-refractivity contribution in [3.8, 4) is 5.75 Å². The molecule has 3 rings (SSSR count). The molecule has 2 aromatic carbocycles. The third-order valence-corrected chi connectivity index (χ3v) is 6.04. The van der Waals surface area contributed by atoms with Crippen LogP contribution in [-0.4, -0.2) is 33.6 Å². The van der Waals surface area contributed by atoms with Gasteiger partial charge >= 0.3 is 12.4 Å². The van der Waals surface area contributed by atoms with Crippen LogP contribution in [0.15, 0.2) is 30.3 Å². The number of halogens is 6. The summed E-state index contributed by atoms with van der Waals surface area (Å²) in [6.45, 7) is -0.218. The molecule has 2 aromatic rings. The van der Waals surface area contributed by atoms with Crippen LogP contribution >= 0.6 is 0 Å². The number of ether oxygens (including phenoxy) is 1. The zero-order valence-electron chi connectivity index (χ0n) is 17.1. The van der Waals surface area contributed by atoms with Crippen LogP contribution in [0.5, 0.6) is 5.75 Å². The molecule has 1 fully saturated rings. The molecule has 1 aliphatic carbocycles. The van der Waals surface area contributed by atoms with E-state index in [0.29, 0.717) is 10.9 Å². The molecule has 0 radical (unpaired) electrons. The van der Waals surface area contributed by atoms with Crippen LogP contribution in [0.25, 0.3) is 10.8 Å². The molecule has 0 atom stereocenters. The van der Waals surface area contributed by atoms with E-state index in [2.05, 4.69) is 4.18 Å².